The molecule has 0 spiro atoms. The summed E-state index contributed by atoms with van der Waals surface area (Å²) >= 11 is 0. The van der Waals surface area contributed by atoms with Gasteiger partial charge in [-0.3, -0.25) is 0 Å². The molecule has 2 unspecified atom stereocenters. The van der Waals surface area contributed by atoms with E-state index in [1.165, 1.54) is 77.0 Å². The molecule has 5 rings (SSSR count). The van der Waals surface area contributed by atoms with Crippen molar-refractivity contribution in [1.82, 2.24) is 0 Å². The lowest BCUT2D eigenvalue weighted by Crippen LogP contribution is -2.34. The molecule has 3 aliphatic carbocycles. The van der Waals surface area contributed by atoms with Gasteiger partial charge in [-0.05, 0) is 156 Å². The first-order valence-corrected chi connectivity index (χ1v) is 16.4. The van der Waals surface area contributed by atoms with Crippen LogP contribution < -0.4 is 4.74 Å². The molecule has 4 heteroatoms. The molecule has 0 bridgehead atoms. The summed E-state index contributed by atoms with van der Waals surface area (Å²) in [4.78, 5) is 0. The molecule has 1 aromatic carbocycles. The van der Waals surface area contributed by atoms with Gasteiger partial charge in [0.2, 0.25) is 5.82 Å². The van der Waals surface area contributed by atoms with Crippen molar-refractivity contribution in [1.29, 1.82) is 0 Å². The minimum atomic E-state index is -0.805. The third kappa shape index (κ3) is 7.08. The van der Waals surface area contributed by atoms with Crippen LogP contribution in [-0.2, 0) is 4.74 Å². The van der Waals surface area contributed by atoms with Crippen LogP contribution in [0.1, 0.15) is 122 Å². The van der Waals surface area contributed by atoms with Gasteiger partial charge in [-0.1, -0.05) is 25.1 Å². The minimum absolute atomic E-state index is 0.0539. The number of halogens is 2. The van der Waals surface area contributed by atoms with E-state index < -0.39 is 11.6 Å². The van der Waals surface area contributed by atoms with E-state index in [9.17, 15) is 8.78 Å². The molecule has 3 saturated carbocycles. The highest BCUT2D eigenvalue weighted by Crippen LogP contribution is 2.48. The molecular formula is C35H52F2O2. The molecule has 1 heterocycles. The molecule has 2 nitrogen and oxygen atoms in total. The SMILES string of the molecule is C/C=C/C1CCC(C2CCC(C3CCC(C4CCC(c5ccc(OCCC)c(F)c5F)CC4)CC3)CC2)CO1. The highest BCUT2D eigenvalue weighted by atomic mass is 19.2. The van der Waals surface area contributed by atoms with E-state index in [1.54, 1.807) is 12.1 Å². The van der Waals surface area contributed by atoms with Gasteiger partial charge in [-0.25, -0.2) is 4.39 Å². The smallest absolute Gasteiger partial charge is 0.200 e. The normalized spacial score (nSPS) is 36.2. The topological polar surface area (TPSA) is 18.5 Å². The van der Waals surface area contributed by atoms with E-state index in [2.05, 4.69) is 19.1 Å². The van der Waals surface area contributed by atoms with Crippen molar-refractivity contribution in [3.63, 3.8) is 0 Å². The zero-order chi connectivity index (χ0) is 27.2. The van der Waals surface area contributed by atoms with E-state index >= 15 is 0 Å². The summed E-state index contributed by atoms with van der Waals surface area (Å²) in [5.74, 6) is 3.88. The standard InChI is InChI=1S/C35H52F2O2/c1-3-5-31-19-18-30(23-39-31)28-12-10-26(11-13-28)24-6-8-25(9-7-24)27-14-16-29(17-15-27)32-20-21-33(38-22-4-2)35(37)34(32)36/h3,5,20-21,24-31H,4,6-19,22-23H2,1-2H3/b5-3+. The Morgan fingerprint density at radius 3 is 1.72 bits per heavy atom. The first-order chi connectivity index (χ1) is 19.1. The fourth-order valence-electron chi connectivity index (χ4n) is 8.79. The number of rotatable bonds is 8. The second-order valence-electron chi connectivity index (χ2n) is 13.3. The second kappa shape index (κ2) is 14.0. The minimum Gasteiger partial charge on any atom is -0.490 e. The molecule has 4 fully saturated rings. The number of hydrogen-bond acceptors (Lipinski definition) is 2. The maximum atomic E-state index is 14.9. The molecule has 1 aromatic rings. The summed E-state index contributed by atoms with van der Waals surface area (Å²) in [5.41, 5.74) is 0.562. The van der Waals surface area contributed by atoms with Gasteiger partial charge in [0.1, 0.15) is 0 Å². The zero-order valence-corrected chi connectivity index (χ0v) is 24.5. The maximum Gasteiger partial charge on any atom is 0.200 e. The summed E-state index contributed by atoms with van der Waals surface area (Å²) in [6.45, 7) is 5.44. The van der Waals surface area contributed by atoms with E-state index in [4.69, 9.17) is 9.47 Å². The van der Waals surface area contributed by atoms with Crippen LogP contribution in [0.15, 0.2) is 24.3 Å². The van der Waals surface area contributed by atoms with Crippen molar-refractivity contribution >= 4 is 0 Å². The number of benzene rings is 1. The largest absolute Gasteiger partial charge is 0.490 e. The predicted octanol–water partition coefficient (Wildman–Crippen LogP) is 10.0. The van der Waals surface area contributed by atoms with Gasteiger partial charge in [-0.2, -0.15) is 4.39 Å². The average molecular weight is 543 g/mol. The Kier molecular flexibility index (Phi) is 10.4. The van der Waals surface area contributed by atoms with E-state index in [1.807, 2.05) is 6.92 Å². The van der Waals surface area contributed by atoms with Crippen molar-refractivity contribution in [2.75, 3.05) is 13.2 Å². The Morgan fingerprint density at radius 2 is 1.23 bits per heavy atom. The van der Waals surface area contributed by atoms with Crippen molar-refractivity contribution < 1.29 is 18.3 Å². The van der Waals surface area contributed by atoms with Crippen molar-refractivity contribution in [2.45, 2.75) is 122 Å². The van der Waals surface area contributed by atoms with Gasteiger partial charge in [0.15, 0.2) is 11.6 Å². The number of ether oxygens (including phenoxy) is 2. The van der Waals surface area contributed by atoms with Crippen LogP contribution >= 0.6 is 0 Å². The van der Waals surface area contributed by atoms with Crippen LogP contribution in [0.2, 0.25) is 0 Å². The molecule has 0 amide bonds. The van der Waals surface area contributed by atoms with Crippen molar-refractivity contribution in [2.24, 2.45) is 35.5 Å². The molecule has 1 saturated heterocycles. The van der Waals surface area contributed by atoms with Gasteiger partial charge in [-0.15, -0.1) is 0 Å². The summed E-state index contributed by atoms with van der Waals surface area (Å²) < 4.78 is 40.9. The molecule has 0 N–H and O–H groups in total. The average Bonchev–Trinajstić information content (AvgIpc) is 2.99. The van der Waals surface area contributed by atoms with E-state index in [-0.39, 0.29) is 11.7 Å². The Hall–Kier alpha value is -1.42. The highest BCUT2D eigenvalue weighted by molar-refractivity contribution is 5.33. The maximum absolute atomic E-state index is 14.9. The van der Waals surface area contributed by atoms with Gasteiger partial charge < -0.3 is 9.47 Å². The van der Waals surface area contributed by atoms with Gasteiger partial charge in [0, 0.05) is 0 Å². The zero-order valence-electron chi connectivity index (χ0n) is 24.5. The van der Waals surface area contributed by atoms with E-state index in [0.717, 1.165) is 61.4 Å². The van der Waals surface area contributed by atoms with Crippen LogP contribution in [0.25, 0.3) is 0 Å². The third-order valence-electron chi connectivity index (χ3n) is 11.1. The van der Waals surface area contributed by atoms with Crippen LogP contribution in [0, 0.1) is 47.1 Å². The molecule has 39 heavy (non-hydrogen) atoms. The monoisotopic (exact) mass is 542 g/mol. The Labute approximate surface area is 236 Å². The van der Waals surface area contributed by atoms with Crippen LogP contribution in [-0.4, -0.2) is 19.3 Å². The molecular weight excluding hydrogens is 490 g/mol. The van der Waals surface area contributed by atoms with E-state index in [0.29, 0.717) is 18.3 Å². The predicted molar refractivity (Wildman–Crippen MR) is 155 cm³/mol. The van der Waals surface area contributed by atoms with Crippen LogP contribution in [0.4, 0.5) is 8.78 Å². The Morgan fingerprint density at radius 1 is 0.718 bits per heavy atom. The number of hydrogen-bond donors (Lipinski definition) is 0. The molecule has 4 aliphatic rings. The summed E-state index contributed by atoms with van der Waals surface area (Å²) in [6.07, 6.45) is 23.6. The van der Waals surface area contributed by atoms with Crippen molar-refractivity contribution in [3.05, 3.63) is 41.5 Å². The Balaban J connectivity index is 1.03. The second-order valence-corrected chi connectivity index (χ2v) is 13.3. The van der Waals surface area contributed by atoms with Gasteiger partial charge in [0.25, 0.3) is 0 Å². The lowest BCUT2D eigenvalue weighted by atomic mass is 9.64. The third-order valence-corrected chi connectivity index (χ3v) is 11.1. The lowest BCUT2D eigenvalue weighted by molar-refractivity contribution is -0.0195. The summed E-state index contributed by atoms with van der Waals surface area (Å²) in [5, 5.41) is 0. The van der Waals surface area contributed by atoms with Crippen LogP contribution in [0.5, 0.6) is 5.75 Å². The quantitative estimate of drug-likeness (QED) is 0.304. The molecule has 2 atom stereocenters. The fourth-order valence-corrected chi connectivity index (χ4v) is 8.79. The van der Waals surface area contributed by atoms with Crippen LogP contribution in [0.3, 0.4) is 0 Å². The Bertz CT molecular complexity index is 913. The first-order valence-electron chi connectivity index (χ1n) is 16.4. The highest BCUT2D eigenvalue weighted by Gasteiger charge is 2.37. The molecule has 1 aliphatic heterocycles. The molecule has 0 aromatic heterocycles. The first kappa shape index (κ1) is 29.1. The summed E-state index contributed by atoms with van der Waals surface area (Å²) in [7, 11) is 0. The fraction of sp³-hybridized carbons (Fsp3) is 0.771. The lowest BCUT2D eigenvalue weighted by Gasteiger charge is -2.43. The van der Waals surface area contributed by atoms with Crippen molar-refractivity contribution in [3.8, 4) is 5.75 Å². The molecule has 0 radical (unpaired) electrons. The molecule has 218 valence electrons. The van der Waals surface area contributed by atoms with Gasteiger partial charge >= 0.3 is 0 Å². The summed E-state index contributed by atoms with van der Waals surface area (Å²) in [6, 6.07) is 3.41. The van der Waals surface area contributed by atoms with Gasteiger partial charge in [0.05, 0.1) is 19.3 Å². The number of allylic oxidation sites excluding steroid dienone is 1.